The molecule has 0 amide bonds. The zero-order valence-electron chi connectivity index (χ0n) is 17.3. The van der Waals surface area contributed by atoms with Gasteiger partial charge in [-0.05, 0) is 24.3 Å². The Balaban J connectivity index is 1.74. The van der Waals surface area contributed by atoms with Crippen molar-refractivity contribution >= 4 is 11.0 Å². The summed E-state index contributed by atoms with van der Waals surface area (Å²) in [6.45, 7) is -0.646. The van der Waals surface area contributed by atoms with E-state index in [0.29, 0.717) is 11.3 Å². The van der Waals surface area contributed by atoms with Crippen LogP contribution in [0.5, 0.6) is 23.0 Å². The minimum atomic E-state index is -1.68. The molecule has 6 N–H and O–H groups in total. The molecule has 1 aliphatic heterocycles. The van der Waals surface area contributed by atoms with Gasteiger partial charge in [-0.1, -0.05) is 0 Å². The summed E-state index contributed by atoms with van der Waals surface area (Å²) >= 11 is 0. The van der Waals surface area contributed by atoms with E-state index >= 15 is 0 Å². The number of aliphatic hydroxyl groups excluding tert-OH is 4. The third kappa shape index (κ3) is 4.08. The standard InChI is InChI=1S/C22H22O11/c1-30-10-4-2-9(3-5-10)21-19(28)17(26)15-12(24)6-11(7-13(15)32-21)31-22-20(29)18(27)16(25)14(8-23)33-22/h2-7,14,16,18,20,22-25,27-29H,8H2,1H3. The highest BCUT2D eigenvalue weighted by Gasteiger charge is 2.44. The van der Waals surface area contributed by atoms with Crippen LogP contribution in [-0.4, -0.2) is 75.1 Å². The largest absolute Gasteiger partial charge is 0.507 e. The third-order valence-electron chi connectivity index (χ3n) is 5.38. The van der Waals surface area contributed by atoms with E-state index in [9.17, 15) is 35.4 Å². The molecule has 1 aliphatic rings. The van der Waals surface area contributed by atoms with Gasteiger partial charge in [0.05, 0.1) is 13.7 Å². The average Bonchev–Trinajstić information content (AvgIpc) is 2.81. The van der Waals surface area contributed by atoms with Crippen molar-refractivity contribution in [2.75, 3.05) is 13.7 Å². The van der Waals surface area contributed by atoms with Gasteiger partial charge in [0.25, 0.3) is 0 Å². The lowest BCUT2D eigenvalue weighted by Gasteiger charge is -2.39. The van der Waals surface area contributed by atoms with Gasteiger partial charge >= 0.3 is 0 Å². The van der Waals surface area contributed by atoms with Crippen molar-refractivity contribution < 1.29 is 49.3 Å². The van der Waals surface area contributed by atoms with Crippen LogP contribution >= 0.6 is 0 Å². The predicted molar refractivity (Wildman–Crippen MR) is 112 cm³/mol. The Bertz CT molecular complexity index is 1200. The van der Waals surface area contributed by atoms with Crippen molar-refractivity contribution in [3.05, 3.63) is 46.6 Å². The molecule has 5 atom stereocenters. The summed E-state index contributed by atoms with van der Waals surface area (Å²) in [7, 11) is 1.49. The van der Waals surface area contributed by atoms with Crippen LogP contribution in [0.3, 0.4) is 0 Å². The van der Waals surface area contributed by atoms with Crippen molar-refractivity contribution in [2.24, 2.45) is 0 Å². The van der Waals surface area contributed by atoms with Gasteiger partial charge in [0, 0.05) is 17.7 Å². The number of hydrogen-bond acceptors (Lipinski definition) is 11. The Labute approximate surface area is 186 Å². The summed E-state index contributed by atoms with van der Waals surface area (Å²) < 4.78 is 21.6. The van der Waals surface area contributed by atoms with Crippen LogP contribution < -0.4 is 14.9 Å². The molecule has 0 radical (unpaired) electrons. The summed E-state index contributed by atoms with van der Waals surface area (Å²) in [6, 6.07) is 8.61. The number of ether oxygens (including phenoxy) is 3. The van der Waals surface area contributed by atoms with Crippen molar-refractivity contribution in [2.45, 2.75) is 30.7 Å². The van der Waals surface area contributed by atoms with Gasteiger partial charge in [0.15, 0.2) is 5.76 Å². The van der Waals surface area contributed by atoms with E-state index in [1.54, 1.807) is 24.3 Å². The highest BCUT2D eigenvalue weighted by molar-refractivity contribution is 5.88. The van der Waals surface area contributed by atoms with E-state index in [2.05, 4.69) is 0 Å². The normalized spacial score (nSPS) is 25.2. The van der Waals surface area contributed by atoms with Crippen molar-refractivity contribution in [3.63, 3.8) is 0 Å². The fourth-order valence-corrected chi connectivity index (χ4v) is 3.57. The fraction of sp³-hybridized carbons (Fsp3) is 0.318. The summed E-state index contributed by atoms with van der Waals surface area (Å²) in [5.74, 6) is -0.990. The number of hydrogen-bond donors (Lipinski definition) is 6. The van der Waals surface area contributed by atoms with E-state index in [4.69, 9.17) is 18.6 Å². The van der Waals surface area contributed by atoms with Gasteiger partial charge in [-0.15, -0.1) is 0 Å². The third-order valence-corrected chi connectivity index (χ3v) is 5.38. The molecule has 2 aromatic carbocycles. The first-order chi connectivity index (χ1) is 15.7. The van der Waals surface area contributed by atoms with Gasteiger partial charge in [0.1, 0.15) is 52.6 Å². The highest BCUT2D eigenvalue weighted by atomic mass is 16.7. The smallest absolute Gasteiger partial charge is 0.238 e. The van der Waals surface area contributed by atoms with E-state index in [-0.39, 0.29) is 22.5 Å². The minimum Gasteiger partial charge on any atom is -0.507 e. The topological polar surface area (TPSA) is 179 Å². The maximum atomic E-state index is 12.7. The highest BCUT2D eigenvalue weighted by Crippen LogP contribution is 2.36. The molecule has 176 valence electrons. The van der Waals surface area contributed by atoms with Crippen molar-refractivity contribution in [1.29, 1.82) is 0 Å². The Morgan fingerprint density at radius 2 is 1.67 bits per heavy atom. The molecule has 2 heterocycles. The molecule has 5 unspecified atom stereocenters. The summed E-state index contributed by atoms with van der Waals surface area (Å²) in [5.41, 5.74) is -0.644. The second kappa shape index (κ2) is 8.89. The van der Waals surface area contributed by atoms with Gasteiger partial charge in [0.2, 0.25) is 17.5 Å². The molecule has 0 aliphatic carbocycles. The van der Waals surface area contributed by atoms with E-state index in [1.807, 2.05) is 0 Å². The predicted octanol–water partition coefficient (Wildman–Crippen LogP) is 0.0585. The quantitative estimate of drug-likeness (QED) is 0.302. The maximum absolute atomic E-state index is 12.7. The van der Waals surface area contributed by atoms with E-state index in [1.165, 1.54) is 13.2 Å². The lowest BCUT2D eigenvalue weighted by Crippen LogP contribution is -2.60. The SMILES string of the molecule is COc1ccc(-c2oc3cc(OC4OC(CO)C(O)C(O)C4O)cc(O)c3c(=O)c2O)cc1. The monoisotopic (exact) mass is 462 g/mol. The van der Waals surface area contributed by atoms with Gasteiger partial charge in [-0.25, -0.2) is 0 Å². The molecule has 1 saturated heterocycles. The lowest BCUT2D eigenvalue weighted by atomic mass is 9.99. The molecular weight excluding hydrogens is 440 g/mol. The van der Waals surface area contributed by atoms with Crippen LogP contribution in [0.2, 0.25) is 0 Å². The van der Waals surface area contributed by atoms with Gasteiger partial charge in [-0.3, -0.25) is 4.79 Å². The zero-order chi connectivity index (χ0) is 23.9. The summed E-state index contributed by atoms with van der Waals surface area (Å²) in [5, 5.41) is 59.7. The number of aromatic hydroxyl groups is 2. The molecule has 1 aromatic heterocycles. The molecule has 3 aromatic rings. The van der Waals surface area contributed by atoms with Crippen molar-refractivity contribution in [3.8, 4) is 34.3 Å². The van der Waals surface area contributed by atoms with Crippen LogP contribution in [0.25, 0.3) is 22.3 Å². The van der Waals surface area contributed by atoms with Crippen molar-refractivity contribution in [1.82, 2.24) is 0 Å². The maximum Gasteiger partial charge on any atom is 0.238 e. The lowest BCUT2D eigenvalue weighted by molar-refractivity contribution is -0.277. The molecule has 1 fully saturated rings. The second-order valence-corrected chi connectivity index (χ2v) is 7.47. The first-order valence-electron chi connectivity index (χ1n) is 9.89. The van der Waals surface area contributed by atoms with E-state index in [0.717, 1.165) is 6.07 Å². The molecule has 11 nitrogen and oxygen atoms in total. The molecule has 33 heavy (non-hydrogen) atoms. The van der Waals surface area contributed by atoms with Gasteiger partial charge < -0.3 is 49.3 Å². The molecular formula is C22H22O11. The molecule has 11 heteroatoms. The average molecular weight is 462 g/mol. The van der Waals surface area contributed by atoms with Crippen LogP contribution in [0.15, 0.2) is 45.6 Å². The second-order valence-electron chi connectivity index (χ2n) is 7.47. The first kappa shape index (κ1) is 22.8. The molecule has 0 spiro atoms. The number of phenolic OH excluding ortho intramolecular Hbond substituents is 1. The van der Waals surface area contributed by atoms with Crippen LogP contribution in [-0.2, 0) is 4.74 Å². The number of aliphatic hydroxyl groups is 4. The van der Waals surface area contributed by atoms with Gasteiger partial charge in [-0.2, -0.15) is 0 Å². The minimum absolute atomic E-state index is 0.112. The van der Waals surface area contributed by atoms with E-state index < -0.39 is 54.2 Å². The number of phenols is 1. The molecule has 0 saturated carbocycles. The Hall–Kier alpha value is -3.35. The summed E-state index contributed by atoms with van der Waals surface area (Å²) in [6.07, 6.45) is -7.61. The Morgan fingerprint density at radius 3 is 2.30 bits per heavy atom. The molecule has 0 bridgehead atoms. The Morgan fingerprint density at radius 1 is 0.970 bits per heavy atom. The number of benzene rings is 2. The zero-order valence-corrected chi connectivity index (χ0v) is 17.3. The van der Waals surface area contributed by atoms with Crippen LogP contribution in [0, 0.1) is 0 Å². The fourth-order valence-electron chi connectivity index (χ4n) is 3.57. The van der Waals surface area contributed by atoms with Crippen LogP contribution in [0.1, 0.15) is 0 Å². The number of fused-ring (bicyclic) bond motifs is 1. The first-order valence-corrected chi connectivity index (χ1v) is 9.89. The summed E-state index contributed by atoms with van der Waals surface area (Å²) in [4.78, 5) is 12.7. The molecule has 4 rings (SSSR count). The number of methoxy groups -OCH3 is 1. The number of rotatable bonds is 5. The van der Waals surface area contributed by atoms with Crippen LogP contribution in [0.4, 0.5) is 0 Å². The Kier molecular flexibility index (Phi) is 6.15.